The van der Waals surface area contributed by atoms with E-state index in [4.69, 9.17) is 0 Å². The van der Waals surface area contributed by atoms with Crippen molar-refractivity contribution < 1.29 is 14.5 Å². The molecule has 24 heavy (non-hydrogen) atoms. The molecule has 1 rings (SSSR count). The fourth-order valence-electron chi connectivity index (χ4n) is 3.43. The number of unbranched alkanes of at least 4 members (excludes halogenated alkanes) is 8. The zero-order valence-corrected chi connectivity index (χ0v) is 16.1. The Morgan fingerprint density at radius 2 is 1.62 bits per heavy atom. The minimum Gasteiger partial charge on any atom is -0.546 e. The molecule has 1 aromatic heterocycles. The number of carboxylic acid groups (broad SMARTS) is 1. The monoisotopic (exact) mass is 336 g/mol. The minimum absolute atomic E-state index is 0.606. The van der Waals surface area contributed by atoms with Crippen LogP contribution < -0.4 is 9.67 Å². The molecule has 0 aliphatic heterocycles. The van der Waals surface area contributed by atoms with Gasteiger partial charge in [-0.2, -0.15) is 0 Å². The highest BCUT2D eigenvalue weighted by Crippen LogP contribution is 2.13. The predicted octanol–water partition coefficient (Wildman–Crippen LogP) is 3.49. The Morgan fingerprint density at radius 3 is 2.12 bits per heavy atom. The number of hydrogen-bond acceptors (Lipinski definition) is 2. The van der Waals surface area contributed by atoms with Crippen molar-refractivity contribution in [3.05, 3.63) is 17.7 Å². The molecule has 0 bridgehead atoms. The molecule has 1 aromatic rings. The van der Waals surface area contributed by atoms with Gasteiger partial charge < -0.3 is 9.90 Å². The molecule has 4 heteroatoms. The van der Waals surface area contributed by atoms with Crippen LogP contribution in [0.2, 0.25) is 0 Å². The number of carbonyl (C=O) groups excluding carboxylic acids is 1. The summed E-state index contributed by atoms with van der Waals surface area (Å²) in [6.07, 6.45) is 14.6. The Hall–Kier alpha value is -1.32. The van der Waals surface area contributed by atoms with Crippen LogP contribution in [0.5, 0.6) is 0 Å². The van der Waals surface area contributed by atoms with Crippen molar-refractivity contribution in [3.63, 3.8) is 0 Å². The lowest BCUT2D eigenvalue weighted by Gasteiger charge is -2.12. The maximum absolute atomic E-state index is 11.2. The van der Waals surface area contributed by atoms with Gasteiger partial charge in [-0.15, -0.1) is 0 Å². The summed E-state index contributed by atoms with van der Waals surface area (Å²) >= 11 is 0. The SMILES string of the molecule is CCCCCCCCCCCc1n(CC)c(C)c[n+]1C(C)C(=O)[O-]. The van der Waals surface area contributed by atoms with Crippen molar-refractivity contribution in [1.82, 2.24) is 4.57 Å². The van der Waals surface area contributed by atoms with Gasteiger partial charge in [0.25, 0.3) is 5.82 Å². The summed E-state index contributed by atoms with van der Waals surface area (Å²) in [4.78, 5) is 11.2. The first-order valence-electron chi connectivity index (χ1n) is 9.83. The third-order valence-electron chi connectivity index (χ3n) is 4.94. The van der Waals surface area contributed by atoms with E-state index < -0.39 is 12.0 Å². The molecule has 0 N–H and O–H groups in total. The molecule has 0 fully saturated rings. The van der Waals surface area contributed by atoms with E-state index in [1.54, 1.807) is 6.92 Å². The number of hydrogen-bond donors (Lipinski definition) is 0. The fourth-order valence-corrected chi connectivity index (χ4v) is 3.43. The van der Waals surface area contributed by atoms with Crippen molar-refractivity contribution in [1.29, 1.82) is 0 Å². The van der Waals surface area contributed by atoms with Gasteiger partial charge in [0, 0.05) is 13.3 Å². The van der Waals surface area contributed by atoms with Crippen molar-refractivity contribution in [2.75, 3.05) is 0 Å². The molecule has 4 nitrogen and oxygen atoms in total. The highest BCUT2D eigenvalue weighted by atomic mass is 16.4. The number of imidazole rings is 1. The largest absolute Gasteiger partial charge is 0.546 e. The summed E-state index contributed by atoms with van der Waals surface area (Å²) in [5.41, 5.74) is 1.12. The maximum atomic E-state index is 11.2. The fraction of sp³-hybridized carbons (Fsp3) is 0.800. The van der Waals surface area contributed by atoms with E-state index in [1.165, 1.54) is 51.4 Å². The lowest BCUT2D eigenvalue weighted by Crippen LogP contribution is -2.49. The quantitative estimate of drug-likeness (QED) is 0.409. The average molecular weight is 337 g/mol. The van der Waals surface area contributed by atoms with Gasteiger partial charge in [0.15, 0.2) is 0 Å². The van der Waals surface area contributed by atoms with Crippen LogP contribution in [0, 0.1) is 6.92 Å². The van der Waals surface area contributed by atoms with Crippen molar-refractivity contribution in [2.24, 2.45) is 0 Å². The molecular formula is C20H36N2O2. The number of aryl methyl sites for hydroxylation is 1. The summed E-state index contributed by atoms with van der Waals surface area (Å²) in [6, 6.07) is -0.606. The number of carbonyl (C=O) groups is 1. The summed E-state index contributed by atoms with van der Waals surface area (Å²) < 4.78 is 4.11. The van der Waals surface area contributed by atoms with Gasteiger partial charge in [-0.05, 0) is 20.3 Å². The van der Waals surface area contributed by atoms with Crippen LogP contribution in [-0.2, 0) is 17.8 Å². The average Bonchev–Trinajstić information content (AvgIpc) is 2.88. The predicted molar refractivity (Wildman–Crippen MR) is 95.7 cm³/mol. The van der Waals surface area contributed by atoms with Crippen molar-refractivity contribution in [2.45, 2.75) is 104 Å². The summed E-state index contributed by atoms with van der Waals surface area (Å²) in [6.45, 7) is 8.99. The molecule has 0 amide bonds. The van der Waals surface area contributed by atoms with Crippen LogP contribution in [0.3, 0.4) is 0 Å². The zero-order valence-electron chi connectivity index (χ0n) is 16.1. The molecule has 138 valence electrons. The minimum atomic E-state index is -1.01. The molecule has 0 aliphatic rings. The van der Waals surface area contributed by atoms with Crippen molar-refractivity contribution in [3.8, 4) is 0 Å². The van der Waals surface area contributed by atoms with E-state index >= 15 is 0 Å². The molecular weight excluding hydrogens is 300 g/mol. The number of aromatic nitrogens is 2. The van der Waals surface area contributed by atoms with Gasteiger partial charge in [-0.1, -0.05) is 58.3 Å². The molecule has 1 unspecified atom stereocenters. The first-order chi connectivity index (χ1) is 11.5. The lowest BCUT2D eigenvalue weighted by atomic mass is 10.1. The Labute approximate surface area is 147 Å². The third-order valence-corrected chi connectivity index (χ3v) is 4.94. The Kier molecular flexibility index (Phi) is 9.73. The summed E-state index contributed by atoms with van der Waals surface area (Å²) in [5.74, 6) is 0.108. The highest BCUT2D eigenvalue weighted by molar-refractivity contribution is 5.66. The van der Waals surface area contributed by atoms with E-state index in [0.29, 0.717) is 0 Å². The van der Waals surface area contributed by atoms with E-state index in [0.717, 1.165) is 30.9 Å². The van der Waals surface area contributed by atoms with Crippen molar-refractivity contribution >= 4 is 5.97 Å². The van der Waals surface area contributed by atoms with Gasteiger partial charge in [0.1, 0.15) is 17.9 Å². The smallest absolute Gasteiger partial charge is 0.257 e. The standard InChI is InChI=1S/C20H36N2O2/c1-5-7-8-9-10-11-12-13-14-15-19-21(6-2)17(3)16-22(19)18(4)20(23)24/h16,18H,5-15H2,1-4H3. The Morgan fingerprint density at radius 1 is 1.08 bits per heavy atom. The number of carboxylic acids is 1. The Balaban J connectivity index is 2.45. The zero-order chi connectivity index (χ0) is 17.9. The van der Waals surface area contributed by atoms with E-state index in [9.17, 15) is 9.90 Å². The normalized spacial score (nSPS) is 12.5. The van der Waals surface area contributed by atoms with Gasteiger partial charge in [-0.3, -0.25) is 0 Å². The first-order valence-corrected chi connectivity index (χ1v) is 9.83. The highest BCUT2D eigenvalue weighted by Gasteiger charge is 2.23. The Bertz CT molecular complexity index is 494. The summed E-state index contributed by atoms with van der Waals surface area (Å²) in [7, 11) is 0. The second-order valence-corrected chi connectivity index (χ2v) is 6.91. The topological polar surface area (TPSA) is 48.9 Å². The number of nitrogens with zero attached hydrogens (tertiary/aromatic N) is 2. The van der Waals surface area contributed by atoms with E-state index in [1.807, 2.05) is 17.7 Å². The lowest BCUT2D eigenvalue weighted by molar-refractivity contribution is -0.719. The van der Waals surface area contributed by atoms with Gasteiger partial charge in [0.05, 0.1) is 12.5 Å². The second kappa shape index (κ2) is 11.3. The number of rotatable bonds is 13. The molecule has 1 heterocycles. The first kappa shape index (κ1) is 20.7. The van der Waals surface area contributed by atoms with Crippen LogP contribution >= 0.6 is 0 Å². The van der Waals surface area contributed by atoms with Gasteiger partial charge in [0.2, 0.25) is 0 Å². The van der Waals surface area contributed by atoms with Gasteiger partial charge >= 0.3 is 0 Å². The molecule has 0 spiro atoms. The molecule has 0 aliphatic carbocycles. The van der Waals surface area contributed by atoms with Crippen LogP contribution in [0.4, 0.5) is 0 Å². The van der Waals surface area contributed by atoms with Gasteiger partial charge in [-0.25, -0.2) is 9.13 Å². The second-order valence-electron chi connectivity index (χ2n) is 6.91. The molecule has 0 saturated carbocycles. The summed E-state index contributed by atoms with van der Waals surface area (Å²) in [5, 5.41) is 11.2. The van der Waals surface area contributed by atoms with E-state index in [2.05, 4.69) is 18.4 Å². The van der Waals surface area contributed by atoms with Crippen LogP contribution in [0.15, 0.2) is 6.20 Å². The molecule has 0 radical (unpaired) electrons. The third kappa shape index (κ3) is 6.29. The van der Waals surface area contributed by atoms with Crippen LogP contribution in [0.25, 0.3) is 0 Å². The molecule has 0 saturated heterocycles. The van der Waals surface area contributed by atoms with E-state index in [-0.39, 0.29) is 0 Å². The van der Waals surface area contributed by atoms with Crippen LogP contribution in [-0.4, -0.2) is 10.5 Å². The maximum Gasteiger partial charge on any atom is 0.257 e. The van der Waals surface area contributed by atoms with Crippen LogP contribution in [0.1, 0.15) is 96.1 Å². The molecule has 0 aromatic carbocycles. The number of aliphatic carboxylic acids is 1. The molecule has 1 atom stereocenters.